The number of aliphatic hydroxyl groups excluding tert-OH is 1. The van der Waals surface area contributed by atoms with Gasteiger partial charge in [-0.05, 0) is 0 Å². The largest absolute Gasteiger partial charge is 0.472 e. The number of imidazole rings is 2. The Bertz CT molecular complexity index is 1880. The van der Waals surface area contributed by atoms with Gasteiger partial charge in [0.25, 0.3) is 5.56 Å². The van der Waals surface area contributed by atoms with Gasteiger partial charge in [-0.1, -0.05) is 0 Å². The van der Waals surface area contributed by atoms with Crippen LogP contribution in [0, 0.1) is 0 Å². The first-order chi connectivity index (χ1) is 21.9. The number of nitrogens with two attached hydrogens (primary N) is 2. The lowest BCUT2D eigenvalue weighted by molar-refractivity contribution is -0.0618. The Balaban J connectivity index is 1.18. The number of ether oxygens (including phenoxy) is 3. The zero-order valence-electron chi connectivity index (χ0n) is 23.1. The Labute approximate surface area is 254 Å². The highest BCUT2D eigenvalue weighted by atomic mass is 31.2. The van der Waals surface area contributed by atoms with E-state index >= 15 is 8.78 Å². The number of aromatic amines is 1. The van der Waals surface area contributed by atoms with E-state index < -0.39 is 90.2 Å². The number of nitrogens with one attached hydrogen (secondary N) is 1. The van der Waals surface area contributed by atoms with Gasteiger partial charge in [0.1, 0.15) is 42.6 Å². The maximum absolute atomic E-state index is 15.7. The van der Waals surface area contributed by atoms with Gasteiger partial charge in [0.15, 0.2) is 47.4 Å². The van der Waals surface area contributed by atoms with Gasteiger partial charge in [-0.3, -0.25) is 32.5 Å². The van der Waals surface area contributed by atoms with E-state index in [9.17, 15) is 28.8 Å². The van der Waals surface area contributed by atoms with Crippen LogP contribution in [0.2, 0.25) is 0 Å². The molecule has 6 rings (SSSR count). The summed E-state index contributed by atoms with van der Waals surface area (Å²) in [5, 5.41) is 9.80. The van der Waals surface area contributed by atoms with E-state index in [0.717, 1.165) is 21.8 Å². The summed E-state index contributed by atoms with van der Waals surface area (Å²) in [5.74, 6) is -0.297. The Morgan fingerprint density at radius 2 is 1.67 bits per heavy atom. The molecule has 250 valence electrons. The molecule has 0 bridgehead atoms. The lowest BCUT2D eigenvalue weighted by Crippen LogP contribution is -2.35. The minimum absolute atomic E-state index is 0.00263. The zero-order chi connectivity index (χ0) is 32.9. The molecule has 21 nitrogen and oxygen atoms in total. The van der Waals surface area contributed by atoms with Crippen LogP contribution >= 0.6 is 15.9 Å². The maximum Gasteiger partial charge on any atom is 0.472 e. The number of anilines is 2. The Morgan fingerprint density at radius 3 is 2.37 bits per heavy atom. The number of rotatable bonds is 11. The van der Waals surface area contributed by atoms with Crippen molar-refractivity contribution in [2.24, 2.45) is 0 Å². The maximum atomic E-state index is 15.7. The van der Waals surface area contributed by atoms with E-state index in [0.29, 0.717) is 0 Å². The topological polar surface area (TPSA) is 300 Å². The molecular weight excluding hydrogens is 668 g/mol. The number of halogens is 2. The van der Waals surface area contributed by atoms with E-state index in [1.165, 1.54) is 6.33 Å². The van der Waals surface area contributed by atoms with Crippen molar-refractivity contribution in [2.45, 2.75) is 49.2 Å². The van der Waals surface area contributed by atoms with Gasteiger partial charge in [0.05, 0.1) is 25.9 Å². The van der Waals surface area contributed by atoms with Crippen molar-refractivity contribution in [3.63, 3.8) is 0 Å². The summed E-state index contributed by atoms with van der Waals surface area (Å²) in [4.78, 5) is 53.8. The average Bonchev–Trinajstić information content (AvgIpc) is 3.76. The van der Waals surface area contributed by atoms with Crippen molar-refractivity contribution in [2.75, 3.05) is 31.0 Å². The average molecular weight is 694 g/mol. The minimum Gasteiger partial charge on any atom is -0.394 e. The fourth-order valence-electron chi connectivity index (χ4n) is 5.15. The summed E-state index contributed by atoms with van der Waals surface area (Å²) in [6, 6.07) is 0. The first-order valence-corrected chi connectivity index (χ1v) is 16.3. The Morgan fingerprint density at radius 1 is 1.02 bits per heavy atom. The van der Waals surface area contributed by atoms with Gasteiger partial charge in [-0.2, -0.15) is 4.98 Å². The molecule has 25 heteroatoms. The van der Waals surface area contributed by atoms with E-state index in [1.54, 1.807) is 0 Å². The van der Waals surface area contributed by atoms with Crippen LogP contribution in [0.5, 0.6) is 0 Å². The van der Waals surface area contributed by atoms with Crippen LogP contribution in [-0.4, -0.2) is 110 Å². The summed E-state index contributed by atoms with van der Waals surface area (Å²) >= 11 is 0. The predicted molar refractivity (Wildman–Crippen MR) is 149 cm³/mol. The molecule has 0 saturated carbocycles. The molecule has 0 aromatic carbocycles. The normalized spacial score (nSPS) is 30.3. The highest BCUT2D eigenvalue weighted by Gasteiger charge is 2.52. The number of H-pyrrole nitrogens is 1. The number of nitrogen functional groups attached to an aromatic ring is 2. The first-order valence-electron chi connectivity index (χ1n) is 13.2. The summed E-state index contributed by atoms with van der Waals surface area (Å²) < 4.78 is 84.4. The van der Waals surface area contributed by atoms with Gasteiger partial charge in [-0.15, -0.1) is 0 Å². The summed E-state index contributed by atoms with van der Waals surface area (Å²) in [7, 11) is -8.45. The van der Waals surface area contributed by atoms with E-state index in [2.05, 4.69) is 29.9 Å². The van der Waals surface area contributed by atoms with Crippen molar-refractivity contribution in [1.82, 2.24) is 39.0 Å². The summed E-state index contributed by atoms with van der Waals surface area (Å²) in [6.07, 6.45) is -11.4. The van der Waals surface area contributed by atoms with Gasteiger partial charge in [0.2, 0.25) is 14.0 Å². The number of hydrogen-bond acceptors (Lipinski definition) is 16. The number of nitrogens with zero attached hydrogens (tertiary/aromatic N) is 7. The van der Waals surface area contributed by atoms with Crippen LogP contribution in [0.1, 0.15) is 12.5 Å². The lowest BCUT2D eigenvalue weighted by Gasteiger charge is -2.23. The minimum atomic E-state index is -5.22. The number of alkyl halides is 2. The summed E-state index contributed by atoms with van der Waals surface area (Å²) in [5.41, 5.74) is 10.5. The molecule has 2 saturated heterocycles. The second-order valence-electron chi connectivity index (χ2n) is 10.1. The number of phosphoric ester groups is 1. The quantitative estimate of drug-likeness (QED) is 0.101. The molecule has 8 N–H and O–H groups in total. The number of aromatic nitrogens is 8. The fourth-order valence-corrected chi connectivity index (χ4v) is 6.44. The highest BCUT2D eigenvalue weighted by molar-refractivity contribution is 7.47. The first kappa shape index (κ1) is 32.4. The van der Waals surface area contributed by atoms with Crippen molar-refractivity contribution in [3.05, 3.63) is 29.3 Å². The molecule has 0 amide bonds. The van der Waals surface area contributed by atoms with Gasteiger partial charge in [0, 0.05) is 0 Å². The third-order valence-electron chi connectivity index (χ3n) is 7.16. The number of phosphoric acid groups is 1. The highest BCUT2D eigenvalue weighted by Crippen LogP contribution is 2.50. The molecule has 5 unspecified atom stereocenters. The van der Waals surface area contributed by atoms with E-state index in [1.807, 2.05) is 0 Å². The summed E-state index contributed by atoms with van der Waals surface area (Å²) in [6.45, 7) is -1.76. The molecule has 0 aliphatic carbocycles. The molecule has 2 aliphatic heterocycles. The smallest absolute Gasteiger partial charge is 0.394 e. The SMILES string of the molecule is Nc1nc2c(ncn2[C@@H]2O[C@H](CO)C(OP(=O)(O)OC[C@H]3O[C@@H](n4cnc5c(N)ncnc54)[C@@H](F)C3OC[PH](=O)O)C2F)c(=O)[nH]1. The van der Waals surface area contributed by atoms with Crippen molar-refractivity contribution < 1.29 is 56.1 Å². The van der Waals surface area contributed by atoms with E-state index in [-0.39, 0.29) is 34.1 Å². The van der Waals surface area contributed by atoms with Crippen molar-refractivity contribution in [1.29, 1.82) is 0 Å². The molecule has 10 atom stereocenters. The van der Waals surface area contributed by atoms with Crippen molar-refractivity contribution in [3.8, 4) is 0 Å². The second-order valence-corrected chi connectivity index (χ2v) is 12.5. The Hall–Kier alpha value is -3.50. The molecule has 2 aliphatic rings. The monoisotopic (exact) mass is 694 g/mol. The molecular formula is C21H26F2N10O11P2. The fraction of sp³-hybridized carbons (Fsp3) is 0.524. The van der Waals surface area contributed by atoms with Crippen LogP contribution in [0.25, 0.3) is 22.3 Å². The zero-order valence-corrected chi connectivity index (χ0v) is 25.0. The molecule has 4 aromatic rings. The Kier molecular flexibility index (Phi) is 8.89. The molecule has 6 heterocycles. The van der Waals surface area contributed by atoms with Gasteiger partial charge >= 0.3 is 7.82 Å². The standard InChI is InChI=1S/C21H26F2N10O11P2/c22-9-13(40-6-45(36)37)8(43-19(9)32-4-28-11-15(24)26-3-27-16(11)32)2-41-46(38,39)44-14-7(1-34)42-20(10(14)23)33-5-29-12-17(33)30-21(25)31-18(12)35/h3-5,7-10,13-14,19-20,34,45H,1-2,6H2,(H,36,37)(H,38,39)(H2,24,26,27)(H3,25,30,31,35)/t7-,8-,9+,10?,13?,14?,19-,20-/m1/s1. The van der Waals surface area contributed by atoms with Gasteiger partial charge < -0.3 is 40.6 Å². The van der Waals surface area contributed by atoms with Crippen LogP contribution < -0.4 is 17.0 Å². The molecule has 2 fully saturated rings. The van der Waals surface area contributed by atoms with Crippen LogP contribution in [-0.2, 0) is 32.4 Å². The number of fused-ring (bicyclic) bond motifs is 2. The number of hydrogen-bond donors (Lipinski definition) is 6. The van der Waals surface area contributed by atoms with Crippen molar-refractivity contribution >= 4 is 49.9 Å². The third-order valence-corrected chi connectivity index (χ3v) is 8.55. The molecule has 4 aromatic heterocycles. The predicted octanol–water partition coefficient (Wildman–Crippen LogP) is -1.10. The molecule has 0 spiro atoms. The second kappa shape index (κ2) is 12.6. The lowest BCUT2D eigenvalue weighted by atomic mass is 10.1. The molecule has 0 radical (unpaired) electrons. The third kappa shape index (κ3) is 6.01. The van der Waals surface area contributed by atoms with Crippen LogP contribution in [0.15, 0.2) is 23.8 Å². The van der Waals surface area contributed by atoms with Gasteiger partial charge in [-0.25, -0.2) is 33.3 Å². The molecule has 46 heavy (non-hydrogen) atoms. The number of aliphatic hydroxyl groups is 1. The van der Waals surface area contributed by atoms with Crippen LogP contribution in [0.4, 0.5) is 20.5 Å². The van der Waals surface area contributed by atoms with Crippen LogP contribution in [0.3, 0.4) is 0 Å². The van der Waals surface area contributed by atoms with E-state index in [4.69, 9.17) is 34.7 Å².